The highest BCUT2D eigenvalue weighted by Crippen LogP contribution is 2.30. The molecule has 4 N–H and O–H groups in total. The number of ether oxygens (including phenoxy) is 3. The van der Waals surface area contributed by atoms with Gasteiger partial charge in [-0.1, -0.05) is 6.07 Å². The van der Waals surface area contributed by atoms with Gasteiger partial charge in [-0.3, -0.25) is 9.59 Å². The third-order valence-electron chi connectivity index (χ3n) is 8.35. The van der Waals surface area contributed by atoms with Crippen molar-refractivity contribution in [3.8, 4) is 11.5 Å². The molecule has 0 radical (unpaired) electrons. The lowest BCUT2D eigenvalue weighted by Crippen LogP contribution is -2.57. The van der Waals surface area contributed by atoms with Gasteiger partial charge in [-0.05, 0) is 87.4 Å². The molecule has 236 valence electrons. The monoisotopic (exact) mass is 606 g/mol. The fraction of sp³-hybridized carbons (Fsp3) is 0.485. The number of amides is 2. The van der Waals surface area contributed by atoms with E-state index in [2.05, 4.69) is 10.3 Å². The number of aliphatic hydroxyl groups is 1. The first-order valence-electron chi connectivity index (χ1n) is 15.3. The van der Waals surface area contributed by atoms with Gasteiger partial charge in [-0.25, -0.2) is 4.98 Å². The van der Waals surface area contributed by atoms with Gasteiger partial charge in [0.25, 0.3) is 11.8 Å². The zero-order valence-electron chi connectivity index (χ0n) is 25.4. The highest BCUT2D eigenvalue weighted by Gasteiger charge is 2.38. The Labute approximate surface area is 257 Å². The highest BCUT2D eigenvalue weighted by atomic mass is 16.5. The molecule has 2 unspecified atom stereocenters. The summed E-state index contributed by atoms with van der Waals surface area (Å²) in [5.41, 5.74) is 9.51. The molecular weight excluding hydrogens is 564 g/mol. The molecule has 3 aromatic rings. The second kappa shape index (κ2) is 14.7. The lowest BCUT2D eigenvalue weighted by atomic mass is 9.93. The molecule has 2 fully saturated rings. The number of hydrogen-bond acceptors (Lipinski definition) is 9. The summed E-state index contributed by atoms with van der Waals surface area (Å²) < 4.78 is 22.6. The Bertz CT molecular complexity index is 1420. The number of carbonyl (C=O) groups is 2. The Morgan fingerprint density at radius 2 is 1.93 bits per heavy atom. The maximum absolute atomic E-state index is 13.5. The van der Waals surface area contributed by atoms with E-state index in [9.17, 15) is 14.7 Å². The summed E-state index contributed by atoms with van der Waals surface area (Å²) in [5.74, 6) is 1.25. The van der Waals surface area contributed by atoms with Crippen LogP contribution in [0.15, 0.2) is 47.2 Å². The van der Waals surface area contributed by atoms with E-state index in [-0.39, 0.29) is 37.0 Å². The standard InChI is InChI=1S/C33H42N4O7/c1-3-42-30-14-23(33(40)37-25-5-4-6-26(37)18-41-17-25)9-12-29(30)32(39)35-16-27(38)10-7-22-8-11-28(13-24(22)15-34)43-19-31-21(2)36-20-44-31/h8-9,11-14,20,25-27,38H,3-7,10,15-19,34H2,1-2H3,(H,35,39)/t25?,26?,27-/m0/s1. The molecule has 0 saturated carbocycles. The minimum absolute atomic E-state index is 0.0623. The number of fused-ring (bicyclic) bond motifs is 2. The van der Waals surface area contributed by atoms with Crippen LogP contribution in [-0.2, 0) is 24.3 Å². The minimum Gasteiger partial charge on any atom is -0.493 e. The van der Waals surface area contributed by atoms with Crippen molar-refractivity contribution < 1.29 is 33.3 Å². The third kappa shape index (κ3) is 7.40. The van der Waals surface area contributed by atoms with Crippen molar-refractivity contribution in [3.05, 3.63) is 76.5 Å². The van der Waals surface area contributed by atoms with Crippen LogP contribution in [0.3, 0.4) is 0 Å². The van der Waals surface area contributed by atoms with Crippen molar-refractivity contribution >= 4 is 11.8 Å². The molecule has 3 heterocycles. The molecule has 11 heteroatoms. The zero-order chi connectivity index (χ0) is 31.1. The van der Waals surface area contributed by atoms with Gasteiger partial charge in [0.05, 0.1) is 49.3 Å². The van der Waals surface area contributed by atoms with Gasteiger partial charge >= 0.3 is 0 Å². The highest BCUT2D eigenvalue weighted by molar-refractivity contribution is 6.00. The maximum atomic E-state index is 13.5. The van der Waals surface area contributed by atoms with E-state index in [1.54, 1.807) is 18.2 Å². The van der Waals surface area contributed by atoms with Gasteiger partial charge in [0, 0.05) is 18.7 Å². The van der Waals surface area contributed by atoms with Gasteiger partial charge in [0.2, 0.25) is 0 Å². The van der Waals surface area contributed by atoms with E-state index >= 15 is 0 Å². The summed E-state index contributed by atoms with van der Waals surface area (Å²) in [6, 6.07) is 10.8. The van der Waals surface area contributed by atoms with Gasteiger partial charge < -0.3 is 39.7 Å². The number of morpholine rings is 1. The van der Waals surface area contributed by atoms with Gasteiger partial charge in [0.1, 0.15) is 18.1 Å². The average Bonchev–Trinajstić information content (AvgIpc) is 3.45. The molecule has 2 saturated heterocycles. The number of nitrogens with zero attached hydrogens (tertiary/aromatic N) is 2. The van der Waals surface area contributed by atoms with Crippen molar-refractivity contribution in [2.24, 2.45) is 5.73 Å². The fourth-order valence-electron chi connectivity index (χ4n) is 5.90. The second-order valence-corrected chi connectivity index (χ2v) is 11.3. The summed E-state index contributed by atoms with van der Waals surface area (Å²) in [5, 5.41) is 13.5. The summed E-state index contributed by atoms with van der Waals surface area (Å²) in [6.07, 6.45) is 4.59. The number of hydrogen-bond donors (Lipinski definition) is 3. The number of aliphatic hydroxyl groups excluding tert-OH is 1. The lowest BCUT2D eigenvalue weighted by molar-refractivity contribution is -0.0566. The number of oxazole rings is 1. The van der Waals surface area contributed by atoms with Crippen LogP contribution in [0.2, 0.25) is 0 Å². The minimum atomic E-state index is -0.771. The Morgan fingerprint density at radius 1 is 1.14 bits per heavy atom. The molecule has 2 aliphatic rings. The average molecular weight is 607 g/mol. The van der Waals surface area contributed by atoms with Crippen LogP contribution in [0.1, 0.15) is 75.9 Å². The number of rotatable bonds is 13. The number of carbonyl (C=O) groups excluding carboxylic acids is 2. The predicted molar refractivity (Wildman–Crippen MR) is 163 cm³/mol. The molecule has 2 bridgehead atoms. The Kier molecular flexibility index (Phi) is 10.5. The Balaban J connectivity index is 1.15. The molecular formula is C33H42N4O7. The van der Waals surface area contributed by atoms with Crippen LogP contribution in [-0.4, -0.2) is 71.4 Å². The van der Waals surface area contributed by atoms with Crippen molar-refractivity contribution in [3.63, 3.8) is 0 Å². The van der Waals surface area contributed by atoms with Crippen LogP contribution in [0.4, 0.5) is 0 Å². The molecule has 0 aliphatic carbocycles. The van der Waals surface area contributed by atoms with E-state index in [0.29, 0.717) is 67.6 Å². The summed E-state index contributed by atoms with van der Waals surface area (Å²) >= 11 is 0. The predicted octanol–water partition coefficient (Wildman–Crippen LogP) is 3.54. The van der Waals surface area contributed by atoms with E-state index < -0.39 is 6.10 Å². The first kappa shape index (κ1) is 31.5. The van der Waals surface area contributed by atoms with Crippen LogP contribution >= 0.6 is 0 Å². The molecule has 44 heavy (non-hydrogen) atoms. The quantitative estimate of drug-likeness (QED) is 0.266. The molecule has 2 aromatic carbocycles. The number of aromatic nitrogens is 1. The summed E-state index contributed by atoms with van der Waals surface area (Å²) in [7, 11) is 0. The molecule has 1 aromatic heterocycles. The molecule has 2 amide bonds. The van der Waals surface area contributed by atoms with Crippen LogP contribution in [0.5, 0.6) is 11.5 Å². The summed E-state index contributed by atoms with van der Waals surface area (Å²) in [6.45, 7) is 5.81. The summed E-state index contributed by atoms with van der Waals surface area (Å²) in [4.78, 5) is 32.6. The van der Waals surface area contributed by atoms with Gasteiger partial charge in [-0.15, -0.1) is 0 Å². The topological polar surface area (TPSA) is 149 Å². The number of aryl methyl sites for hydroxylation is 2. The van der Waals surface area contributed by atoms with Crippen molar-refractivity contribution in [1.29, 1.82) is 0 Å². The van der Waals surface area contributed by atoms with Crippen molar-refractivity contribution in [1.82, 2.24) is 15.2 Å². The van der Waals surface area contributed by atoms with Crippen LogP contribution < -0.4 is 20.5 Å². The van der Waals surface area contributed by atoms with Crippen LogP contribution in [0, 0.1) is 6.92 Å². The Hall–Kier alpha value is -3.93. The number of nitrogens with two attached hydrogens (primary N) is 1. The SMILES string of the molecule is CCOc1cc(C(=O)N2C3CCCC2COC3)ccc1C(=O)NC[C@@H](O)CCc1ccc(OCc2ocnc2C)cc1CN. The van der Waals surface area contributed by atoms with E-state index in [0.717, 1.165) is 36.1 Å². The lowest BCUT2D eigenvalue weighted by Gasteiger charge is -2.45. The third-order valence-corrected chi connectivity index (χ3v) is 8.35. The van der Waals surface area contributed by atoms with Crippen LogP contribution in [0.25, 0.3) is 0 Å². The van der Waals surface area contributed by atoms with E-state index in [4.69, 9.17) is 24.4 Å². The zero-order valence-corrected chi connectivity index (χ0v) is 25.4. The first-order chi connectivity index (χ1) is 21.4. The molecule has 0 spiro atoms. The Morgan fingerprint density at radius 3 is 2.64 bits per heavy atom. The first-order valence-corrected chi connectivity index (χ1v) is 15.3. The van der Waals surface area contributed by atoms with Gasteiger partial charge in [-0.2, -0.15) is 0 Å². The second-order valence-electron chi connectivity index (χ2n) is 11.3. The number of piperidine rings is 1. The largest absolute Gasteiger partial charge is 0.493 e. The van der Waals surface area contributed by atoms with E-state index in [1.807, 2.05) is 36.9 Å². The normalized spacial score (nSPS) is 18.5. The number of nitrogens with one attached hydrogen (secondary N) is 1. The van der Waals surface area contributed by atoms with E-state index in [1.165, 1.54) is 6.39 Å². The molecule has 11 nitrogen and oxygen atoms in total. The molecule has 5 rings (SSSR count). The smallest absolute Gasteiger partial charge is 0.255 e. The van der Waals surface area contributed by atoms with Gasteiger partial charge in [0.15, 0.2) is 12.2 Å². The maximum Gasteiger partial charge on any atom is 0.255 e. The number of benzene rings is 2. The van der Waals surface area contributed by atoms with Crippen molar-refractivity contribution in [2.45, 2.75) is 77.3 Å². The molecule has 3 atom stereocenters. The fourth-order valence-corrected chi connectivity index (χ4v) is 5.90. The molecule has 2 aliphatic heterocycles. The van der Waals surface area contributed by atoms with Crippen molar-refractivity contribution in [2.75, 3.05) is 26.4 Å².